The Bertz CT molecular complexity index is 797. The number of carbonyl (C=O) groups excluding carboxylic acids is 1. The fourth-order valence-corrected chi connectivity index (χ4v) is 2.43. The van der Waals surface area contributed by atoms with E-state index in [1.807, 2.05) is 51.1 Å². The zero-order valence-electron chi connectivity index (χ0n) is 15.5. The summed E-state index contributed by atoms with van der Waals surface area (Å²) in [7, 11) is 1.60. The highest BCUT2D eigenvalue weighted by molar-refractivity contribution is 5.80. The highest BCUT2D eigenvalue weighted by Gasteiger charge is 2.17. The van der Waals surface area contributed by atoms with Crippen LogP contribution < -0.4 is 15.2 Å². The lowest BCUT2D eigenvalue weighted by atomic mass is 10.1. The van der Waals surface area contributed by atoms with Crippen molar-refractivity contribution >= 4 is 11.7 Å². The molecule has 7 heteroatoms. The lowest BCUT2D eigenvalue weighted by molar-refractivity contribution is -0.120. The van der Waals surface area contributed by atoms with Crippen LogP contribution in [0, 0.1) is 24.2 Å². The summed E-state index contributed by atoms with van der Waals surface area (Å²) >= 11 is 0. The molecule has 136 valence electrons. The first-order valence-electron chi connectivity index (χ1n) is 8.36. The molecule has 1 amide bonds. The van der Waals surface area contributed by atoms with Crippen molar-refractivity contribution in [1.29, 1.82) is 5.26 Å². The van der Waals surface area contributed by atoms with E-state index in [0.717, 1.165) is 16.9 Å². The van der Waals surface area contributed by atoms with Crippen molar-refractivity contribution in [3.63, 3.8) is 0 Å². The van der Waals surface area contributed by atoms with Gasteiger partial charge in [0.2, 0.25) is 11.7 Å². The number of aromatic nitrogens is 2. The molecular weight excluding hydrogens is 330 g/mol. The molecule has 26 heavy (non-hydrogen) atoms. The molecule has 1 N–H and O–H groups in total. The molecule has 0 aliphatic heterocycles. The smallest absolute Gasteiger partial charge is 0.242 e. The molecule has 0 unspecified atom stereocenters. The first kappa shape index (κ1) is 19.2. The molecule has 1 heterocycles. The van der Waals surface area contributed by atoms with Crippen LogP contribution in [-0.2, 0) is 11.2 Å². The van der Waals surface area contributed by atoms with Crippen molar-refractivity contribution < 1.29 is 9.53 Å². The number of benzene rings is 1. The first-order valence-corrected chi connectivity index (χ1v) is 8.36. The van der Waals surface area contributed by atoms with Gasteiger partial charge in [-0.2, -0.15) is 10.2 Å². The van der Waals surface area contributed by atoms with Crippen molar-refractivity contribution in [1.82, 2.24) is 15.4 Å². The minimum absolute atomic E-state index is 0.0729. The summed E-state index contributed by atoms with van der Waals surface area (Å²) in [6.45, 7) is 6.51. The molecule has 0 fully saturated rings. The number of nitrogens with zero attached hydrogens (tertiary/aromatic N) is 4. The average Bonchev–Trinajstić information content (AvgIpc) is 2.62. The second kappa shape index (κ2) is 8.81. The number of amides is 1. The van der Waals surface area contributed by atoms with Crippen LogP contribution in [0.2, 0.25) is 0 Å². The molecule has 0 radical (unpaired) electrons. The highest BCUT2D eigenvalue weighted by Crippen LogP contribution is 2.17. The number of anilines is 1. The number of carbonyl (C=O) groups is 1. The minimum Gasteiger partial charge on any atom is -0.497 e. The topological polar surface area (TPSA) is 91.1 Å². The summed E-state index contributed by atoms with van der Waals surface area (Å²) in [5.74, 6) is 1.48. The lowest BCUT2D eigenvalue weighted by Crippen LogP contribution is -2.46. The van der Waals surface area contributed by atoms with Crippen LogP contribution in [0.1, 0.15) is 30.8 Å². The van der Waals surface area contributed by atoms with E-state index in [2.05, 4.69) is 15.4 Å². The monoisotopic (exact) mass is 353 g/mol. The third-order valence-electron chi connectivity index (χ3n) is 3.63. The predicted octanol–water partition coefficient (Wildman–Crippen LogP) is 2.40. The number of hydrogen-bond acceptors (Lipinski definition) is 6. The van der Waals surface area contributed by atoms with Gasteiger partial charge in [0.25, 0.3) is 0 Å². The zero-order chi connectivity index (χ0) is 19.1. The summed E-state index contributed by atoms with van der Waals surface area (Å²) in [5.41, 5.74) is 4.56. The Balaban J connectivity index is 2.16. The van der Waals surface area contributed by atoms with Gasteiger partial charge in [0, 0.05) is 18.3 Å². The van der Waals surface area contributed by atoms with Gasteiger partial charge in [0.1, 0.15) is 11.8 Å². The van der Waals surface area contributed by atoms with E-state index in [0.29, 0.717) is 12.4 Å². The van der Waals surface area contributed by atoms with E-state index in [1.54, 1.807) is 18.3 Å². The quantitative estimate of drug-likeness (QED) is 0.769. The Hall–Kier alpha value is -3.14. The summed E-state index contributed by atoms with van der Waals surface area (Å²) in [5, 5.41) is 10.7. The van der Waals surface area contributed by atoms with E-state index < -0.39 is 0 Å². The van der Waals surface area contributed by atoms with Gasteiger partial charge in [0.15, 0.2) is 5.82 Å². The Morgan fingerprint density at radius 2 is 2.04 bits per heavy atom. The lowest BCUT2D eigenvalue weighted by Gasteiger charge is -2.27. The minimum atomic E-state index is -0.160. The van der Waals surface area contributed by atoms with E-state index in [9.17, 15) is 4.79 Å². The van der Waals surface area contributed by atoms with E-state index >= 15 is 0 Å². The van der Waals surface area contributed by atoms with Crippen LogP contribution >= 0.6 is 0 Å². The molecule has 0 aliphatic carbocycles. The van der Waals surface area contributed by atoms with E-state index in [4.69, 9.17) is 10.00 Å². The van der Waals surface area contributed by atoms with Gasteiger partial charge in [0.05, 0.1) is 13.5 Å². The standard InChI is InChI=1S/C19H23N5O2/c1-13(2)12-24(19-14(3)11-21-17(10-20)22-19)23-18(25)9-15-5-7-16(26-4)8-6-15/h5-8,11,13H,9,12H2,1-4H3,(H,23,25). The number of nitrogens with one attached hydrogen (secondary N) is 1. The molecule has 0 saturated heterocycles. The number of aryl methyl sites for hydroxylation is 1. The fourth-order valence-electron chi connectivity index (χ4n) is 2.43. The summed E-state index contributed by atoms with van der Waals surface area (Å²) in [4.78, 5) is 20.7. The van der Waals surface area contributed by atoms with Gasteiger partial charge in [-0.15, -0.1) is 0 Å². The van der Waals surface area contributed by atoms with Crippen molar-refractivity contribution in [3.8, 4) is 11.8 Å². The van der Waals surface area contributed by atoms with Crippen molar-refractivity contribution in [2.45, 2.75) is 27.2 Å². The van der Waals surface area contributed by atoms with Crippen molar-refractivity contribution in [2.75, 3.05) is 18.7 Å². The fraction of sp³-hybridized carbons (Fsp3) is 0.368. The van der Waals surface area contributed by atoms with E-state index in [1.165, 1.54) is 0 Å². The second-order valence-electron chi connectivity index (χ2n) is 6.38. The Morgan fingerprint density at radius 3 is 2.62 bits per heavy atom. The molecular formula is C19H23N5O2. The molecule has 0 spiro atoms. The SMILES string of the molecule is COc1ccc(CC(=O)NN(CC(C)C)c2nc(C#N)ncc2C)cc1. The van der Waals surface area contributed by atoms with Crippen LogP contribution in [0.5, 0.6) is 5.75 Å². The van der Waals surface area contributed by atoms with Crippen LogP contribution in [0.4, 0.5) is 5.82 Å². The molecule has 1 aromatic carbocycles. The van der Waals surface area contributed by atoms with Crippen molar-refractivity contribution in [3.05, 3.63) is 47.4 Å². The highest BCUT2D eigenvalue weighted by atomic mass is 16.5. The molecule has 0 aliphatic rings. The number of rotatable bonds is 7. The molecule has 0 atom stereocenters. The summed E-state index contributed by atoms with van der Waals surface area (Å²) < 4.78 is 5.13. The van der Waals surface area contributed by atoms with Crippen molar-refractivity contribution in [2.24, 2.45) is 5.92 Å². The maximum absolute atomic E-state index is 12.5. The van der Waals surface area contributed by atoms with E-state index in [-0.39, 0.29) is 24.1 Å². The maximum Gasteiger partial charge on any atom is 0.242 e. The number of hydrazine groups is 1. The van der Waals surface area contributed by atoms with Crippen LogP contribution in [-0.4, -0.2) is 29.5 Å². The first-order chi connectivity index (χ1) is 12.4. The molecule has 0 saturated carbocycles. The Kier molecular flexibility index (Phi) is 6.50. The van der Waals surface area contributed by atoms with Crippen LogP contribution in [0.3, 0.4) is 0 Å². The Morgan fingerprint density at radius 1 is 1.35 bits per heavy atom. The van der Waals surface area contributed by atoms with Gasteiger partial charge >= 0.3 is 0 Å². The predicted molar refractivity (Wildman–Crippen MR) is 98.5 cm³/mol. The zero-order valence-corrected chi connectivity index (χ0v) is 15.5. The Labute approximate surface area is 153 Å². The second-order valence-corrected chi connectivity index (χ2v) is 6.38. The van der Waals surface area contributed by atoms with Crippen LogP contribution in [0.15, 0.2) is 30.5 Å². The number of nitriles is 1. The number of ether oxygens (including phenoxy) is 1. The normalized spacial score (nSPS) is 10.3. The molecule has 2 aromatic rings. The van der Waals surface area contributed by atoms with Gasteiger partial charge in [-0.3, -0.25) is 15.2 Å². The number of methoxy groups -OCH3 is 1. The summed E-state index contributed by atoms with van der Waals surface area (Å²) in [6.07, 6.45) is 1.82. The molecule has 0 bridgehead atoms. The van der Waals surface area contributed by atoms with Gasteiger partial charge in [-0.05, 0) is 30.5 Å². The number of hydrogen-bond donors (Lipinski definition) is 1. The summed E-state index contributed by atoms with van der Waals surface area (Å²) in [6, 6.07) is 9.29. The molecule has 7 nitrogen and oxygen atoms in total. The van der Waals surface area contributed by atoms with Gasteiger partial charge in [-0.1, -0.05) is 26.0 Å². The average molecular weight is 353 g/mol. The third-order valence-corrected chi connectivity index (χ3v) is 3.63. The molecule has 2 rings (SSSR count). The van der Waals surface area contributed by atoms with Gasteiger partial charge < -0.3 is 4.74 Å². The molecule has 1 aromatic heterocycles. The maximum atomic E-state index is 12.5. The van der Waals surface area contributed by atoms with Gasteiger partial charge in [-0.25, -0.2) is 4.98 Å². The third kappa shape index (κ3) is 5.18. The van der Waals surface area contributed by atoms with Crippen LogP contribution in [0.25, 0.3) is 0 Å². The largest absolute Gasteiger partial charge is 0.497 e.